The Balaban J connectivity index is 2.55. The van der Waals surface area contributed by atoms with E-state index in [1.807, 2.05) is 13.0 Å². The maximum Gasteiger partial charge on any atom is 0.155 e. The van der Waals surface area contributed by atoms with Crippen LogP contribution >= 0.6 is 0 Å². The fourth-order valence-corrected chi connectivity index (χ4v) is 1.64. The molecule has 0 saturated heterocycles. The molecule has 0 amide bonds. The Morgan fingerprint density at radius 1 is 1.69 bits per heavy atom. The third-order valence-corrected chi connectivity index (χ3v) is 2.64. The van der Waals surface area contributed by atoms with Crippen molar-refractivity contribution < 1.29 is 4.79 Å². The molecule has 1 nitrogen and oxygen atoms in total. The fourth-order valence-electron chi connectivity index (χ4n) is 1.64. The summed E-state index contributed by atoms with van der Waals surface area (Å²) in [4.78, 5) is 11.2. The van der Waals surface area contributed by atoms with E-state index in [-0.39, 0.29) is 0 Å². The molecule has 0 radical (unpaired) electrons. The molecule has 0 saturated carbocycles. The molecule has 1 aliphatic rings. The molecule has 72 valence electrons. The zero-order valence-electron chi connectivity index (χ0n) is 8.60. The number of carbonyl (C=O) groups excluding carboxylic acids is 1. The van der Waals surface area contributed by atoms with Gasteiger partial charge in [0, 0.05) is 6.42 Å². The van der Waals surface area contributed by atoms with Crippen LogP contribution in [0.5, 0.6) is 0 Å². The molecular weight excluding hydrogens is 160 g/mol. The van der Waals surface area contributed by atoms with Gasteiger partial charge in [0.15, 0.2) is 5.78 Å². The van der Waals surface area contributed by atoms with Gasteiger partial charge in [0.25, 0.3) is 0 Å². The van der Waals surface area contributed by atoms with Crippen molar-refractivity contribution in [1.29, 1.82) is 0 Å². The Hall–Kier alpha value is -0.850. The van der Waals surface area contributed by atoms with Crippen LogP contribution in [0.4, 0.5) is 0 Å². The lowest BCUT2D eigenvalue weighted by molar-refractivity contribution is -0.115. The maximum atomic E-state index is 11.2. The molecule has 0 unspecified atom stereocenters. The lowest BCUT2D eigenvalue weighted by Gasteiger charge is -2.19. The Morgan fingerprint density at radius 3 is 3.00 bits per heavy atom. The summed E-state index contributed by atoms with van der Waals surface area (Å²) in [5, 5.41) is 0. The normalized spacial score (nSPS) is 22.8. The number of ketones is 1. The minimum absolute atomic E-state index is 0.301. The Kier molecular flexibility index (Phi) is 3.47. The van der Waals surface area contributed by atoms with Crippen molar-refractivity contribution in [3.63, 3.8) is 0 Å². The SMILES string of the molecule is C=C(C)CCC1=CC(=O)CC[C@H]1C. The summed E-state index contributed by atoms with van der Waals surface area (Å²) in [6.45, 7) is 8.11. The highest BCUT2D eigenvalue weighted by atomic mass is 16.1. The van der Waals surface area contributed by atoms with Crippen LogP contribution in [0.25, 0.3) is 0 Å². The highest BCUT2D eigenvalue weighted by molar-refractivity contribution is 5.91. The zero-order valence-corrected chi connectivity index (χ0v) is 8.60. The third kappa shape index (κ3) is 3.17. The molecule has 0 heterocycles. The summed E-state index contributed by atoms with van der Waals surface area (Å²) in [5.41, 5.74) is 2.52. The zero-order chi connectivity index (χ0) is 9.84. The van der Waals surface area contributed by atoms with Crippen molar-refractivity contribution in [1.82, 2.24) is 0 Å². The monoisotopic (exact) mass is 178 g/mol. The van der Waals surface area contributed by atoms with Crippen LogP contribution in [-0.4, -0.2) is 5.78 Å². The van der Waals surface area contributed by atoms with E-state index in [4.69, 9.17) is 0 Å². The minimum Gasteiger partial charge on any atom is -0.295 e. The van der Waals surface area contributed by atoms with Gasteiger partial charge >= 0.3 is 0 Å². The van der Waals surface area contributed by atoms with Crippen LogP contribution in [0.3, 0.4) is 0 Å². The molecule has 1 heteroatoms. The van der Waals surface area contributed by atoms with Crippen molar-refractivity contribution in [3.8, 4) is 0 Å². The first-order chi connectivity index (χ1) is 6.09. The van der Waals surface area contributed by atoms with E-state index in [0.29, 0.717) is 11.7 Å². The Labute approximate surface area is 80.5 Å². The molecular formula is C12H18O. The van der Waals surface area contributed by atoms with Crippen LogP contribution in [0.1, 0.15) is 39.5 Å². The molecule has 0 bridgehead atoms. The number of rotatable bonds is 3. The lowest BCUT2D eigenvalue weighted by atomic mass is 9.85. The number of hydrogen-bond acceptors (Lipinski definition) is 1. The quantitative estimate of drug-likeness (QED) is 0.606. The molecule has 0 N–H and O–H groups in total. The van der Waals surface area contributed by atoms with Crippen molar-refractivity contribution in [3.05, 3.63) is 23.8 Å². The highest BCUT2D eigenvalue weighted by Crippen LogP contribution is 2.26. The molecule has 0 fully saturated rings. The van der Waals surface area contributed by atoms with Crippen molar-refractivity contribution in [2.45, 2.75) is 39.5 Å². The second-order valence-electron chi connectivity index (χ2n) is 4.08. The fraction of sp³-hybridized carbons (Fsp3) is 0.583. The van der Waals surface area contributed by atoms with Crippen molar-refractivity contribution in [2.75, 3.05) is 0 Å². The van der Waals surface area contributed by atoms with E-state index < -0.39 is 0 Å². The smallest absolute Gasteiger partial charge is 0.155 e. The molecule has 1 rings (SSSR count). The van der Waals surface area contributed by atoms with Crippen LogP contribution in [0, 0.1) is 5.92 Å². The largest absolute Gasteiger partial charge is 0.295 e. The first-order valence-corrected chi connectivity index (χ1v) is 4.97. The molecule has 0 spiro atoms. The molecule has 0 aromatic rings. The topological polar surface area (TPSA) is 17.1 Å². The van der Waals surface area contributed by atoms with Gasteiger partial charge in [-0.05, 0) is 38.2 Å². The van der Waals surface area contributed by atoms with E-state index >= 15 is 0 Å². The van der Waals surface area contributed by atoms with Gasteiger partial charge in [0.1, 0.15) is 0 Å². The van der Waals surface area contributed by atoms with Gasteiger partial charge < -0.3 is 0 Å². The summed E-state index contributed by atoms with van der Waals surface area (Å²) in [7, 11) is 0. The van der Waals surface area contributed by atoms with Crippen LogP contribution in [0.15, 0.2) is 23.8 Å². The minimum atomic E-state index is 0.301. The second kappa shape index (κ2) is 4.40. The molecule has 0 aliphatic heterocycles. The average molecular weight is 178 g/mol. The summed E-state index contributed by atoms with van der Waals surface area (Å²) in [6.07, 6.45) is 5.64. The Bertz CT molecular complexity index is 248. The summed E-state index contributed by atoms with van der Waals surface area (Å²) in [6, 6.07) is 0. The maximum absolute atomic E-state index is 11.2. The third-order valence-electron chi connectivity index (χ3n) is 2.64. The van der Waals surface area contributed by atoms with E-state index in [1.54, 1.807) is 0 Å². The molecule has 1 aliphatic carbocycles. The highest BCUT2D eigenvalue weighted by Gasteiger charge is 2.16. The predicted octanol–water partition coefficient (Wildman–Crippen LogP) is 3.27. The van der Waals surface area contributed by atoms with Gasteiger partial charge in [-0.15, -0.1) is 6.58 Å². The number of allylic oxidation sites excluding steroid dienone is 3. The van der Waals surface area contributed by atoms with Crippen molar-refractivity contribution in [2.24, 2.45) is 5.92 Å². The molecule has 0 aromatic carbocycles. The predicted molar refractivity (Wildman–Crippen MR) is 55.5 cm³/mol. The van der Waals surface area contributed by atoms with E-state index in [2.05, 4.69) is 13.5 Å². The summed E-state index contributed by atoms with van der Waals surface area (Å²) < 4.78 is 0. The van der Waals surface area contributed by atoms with E-state index in [1.165, 1.54) is 11.1 Å². The van der Waals surface area contributed by atoms with Gasteiger partial charge in [0.05, 0.1) is 0 Å². The average Bonchev–Trinajstić information content (AvgIpc) is 2.06. The van der Waals surface area contributed by atoms with Gasteiger partial charge in [-0.25, -0.2) is 0 Å². The standard InChI is InChI=1S/C12H18O/c1-9(2)4-6-11-8-12(13)7-5-10(11)3/h8,10H,1,4-7H2,2-3H3/t10-/m1/s1. The van der Waals surface area contributed by atoms with Gasteiger partial charge in [-0.2, -0.15) is 0 Å². The number of carbonyl (C=O) groups is 1. The van der Waals surface area contributed by atoms with Gasteiger partial charge in [-0.1, -0.05) is 18.1 Å². The van der Waals surface area contributed by atoms with E-state index in [9.17, 15) is 4.79 Å². The lowest BCUT2D eigenvalue weighted by Crippen LogP contribution is -2.11. The number of hydrogen-bond donors (Lipinski definition) is 0. The summed E-state index contributed by atoms with van der Waals surface area (Å²) in [5.74, 6) is 0.895. The van der Waals surface area contributed by atoms with Crippen molar-refractivity contribution >= 4 is 5.78 Å². The van der Waals surface area contributed by atoms with Crippen LogP contribution in [0.2, 0.25) is 0 Å². The van der Waals surface area contributed by atoms with Crippen LogP contribution < -0.4 is 0 Å². The summed E-state index contributed by atoms with van der Waals surface area (Å²) >= 11 is 0. The first kappa shape index (κ1) is 10.2. The molecule has 13 heavy (non-hydrogen) atoms. The van der Waals surface area contributed by atoms with Gasteiger partial charge in [-0.3, -0.25) is 4.79 Å². The second-order valence-corrected chi connectivity index (χ2v) is 4.08. The van der Waals surface area contributed by atoms with Gasteiger partial charge in [0.2, 0.25) is 0 Å². The molecule has 1 atom stereocenters. The van der Waals surface area contributed by atoms with E-state index in [0.717, 1.165) is 25.7 Å². The molecule has 0 aromatic heterocycles. The van der Waals surface area contributed by atoms with Crippen LogP contribution in [-0.2, 0) is 4.79 Å². The Morgan fingerprint density at radius 2 is 2.38 bits per heavy atom. The first-order valence-electron chi connectivity index (χ1n) is 4.97.